The highest BCUT2D eigenvalue weighted by atomic mass is 35.5. The van der Waals surface area contributed by atoms with Gasteiger partial charge in [-0.15, -0.1) is 0 Å². The minimum atomic E-state index is 0.769. The number of hydrogen-bond donors (Lipinski definition) is 0. The van der Waals surface area contributed by atoms with E-state index in [4.69, 9.17) is 16.6 Å². The molecule has 0 unspecified atom stereocenters. The van der Waals surface area contributed by atoms with Gasteiger partial charge in [0.15, 0.2) is 0 Å². The van der Waals surface area contributed by atoms with Crippen LogP contribution in [0.25, 0.3) is 0 Å². The Hall–Kier alpha value is -1.22. The van der Waals surface area contributed by atoms with E-state index in [1.165, 1.54) is 37.2 Å². The van der Waals surface area contributed by atoms with Crippen LogP contribution in [0.15, 0.2) is 23.2 Å². The van der Waals surface area contributed by atoms with Crippen LogP contribution < -0.4 is 4.90 Å². The molecule has 3 rings (SSSR count). The van der Waals surface area contributed by atoms with Crippen LogP contribution in [0.1, 0.15) is 32.1 Å². The van der Waals surface area contributed by atoms with Gasteiger partial charge in [0, 0.05) is 38.1 Å². The zero-order valence-electron chi connectivity index (χ0n) is 12.1. The summed E-state index contributed by atoms with van der Waals surface area (Å²) in [4.78, 5) is 9.63. The van der Waals surface area contributed by atoms with Crippen molar-refractivity contribution in [3.8, 4) is 0 Å². The summed E-state index contributed by atoms with van der Waals surface area (Å²) < 4.78 is 0. The summed E-state index contributed by atoms with van der Waals surface area (Å²) in [7, 11) is 2.14. The van der Waals surface area contributed by atoms with Crippen molar-refractivity contribution in [2.75, 3.05) is 31.6 Å². The highest BCUT2D eigenvalue weighted by Crippen LogP contribution is 2.34. The molecule has 0 spiro atoms. The van der Waals surface area contributed by atoms with Crippen molar-refractivity contribution >= 4 is 28.8 Å². The van der Waals surface area contributed by atoms with Crippen LogP contribution in [-0.2, 0) is 0 Å². The summed E-state index contributed by atoms with van der Waals surface area (Å²) in [6, 6.07) is 6.10. The maximum absolute atomic E-state index is 6.18. The van der Waals surface area contributed by atoms with Gasteiger partial charge >= 0.3 is 0 Å². The minimum Gasteiger partial charge on any atom is -0.370 e. The molecule has 0 aromatic heterocycles. The van der Waals surface area contributed by atoms with E-state index in [1.54, 1.807) is 0 Å². The van der Waals surface area contributed by atoms with Gasteiger partial charge in [-0.1, -0.05) is 11.6 Å². The number of halogens is 1. The fourth-order valence-corrected chi connectivity index (χ4v) is 3.21. The summed E-state index contributed by atoms with van der Waals surface area (Å²) in [6.45, 7) is 3.38. The molecule has 0 amide bonds. The van der Waals surface area contributed by atoms with Crippen molar-refractivity contribution in [2.45, 2.75) is 32.1 Å². The predicted molar refractivity (Wildman–Crippen MR) is 86.5 cm³/mol. The lowest BCUT2D eigenvalue weighted by molar-refractivity contribution is 0.434. The quantitative estimate of drug-likeness (QED) is 0.817. The Bertz CT molecular complexity index is 506. The Morgan fingerprint density at radius 1 is 1.05 bits per heavy atom. The van der Waals surface area contributed by atoms with Crippen molar-refractivity contribution < 1.29 is 0 Å². The van der Waals surface area contributed by atoms with Crippen LogP contribution in [0.2, 0.25) is 5.02 Å². The van der Waals surface area contributed by atoms with Crippen molar-refractivity contribution in [2.24, 2.45) is 4.99 Å². The molecule has 0 aliphatic carbocycles. The maximum Gasteiger partial charge on any atom is 0.105 e. The third-order valence-electron chi connectivity index (χ3n) is 4.22. The number of likely N-dealkylation sites (tertiary alicyclic amines) is 1. The first-order valence-electron chi connectivity index (χ1n) is 7.57. The number of nitrogens with zero attached hydrogens (tertiary/aromatic N) is 3. The average molecular weight is 292 g/mol. The van der Waals surface area contributed by atoms with E-state index in [-0.39, 0.29) is 0 Å². The van der Waals surface area contributed by atoms with Crippen molar-refractivity contribution in [3.05, 3.63) is 23.2 Å². The summed E-state index contributed by atoms with van der Waals surface area (Å²) in [5, 5.41) is 0.769. The van der Waals surface area contributed by atoms with Gasteiger partial charge in [-0.2, -0.15) is 0 Å². The largest absolute Gasteiger partial charge is 0.370 e. The van der Waals surface area contributed by atoms with E-state index in [2.05, 4.69) is 22.9 Å². The number of rotatable bonds is 2. The van der Waals surface area contributed by atoms with Crippen LogP contribution >= 0.6 is 11.6 Å². The molecule has 1 aromatic carbocycles. The fourth-order valence-electron chi connectivity index (χ4n) is 3.04. The van der Waals surface area contributed by atoms with E-state index in [9.17, 15) is 0 Å². The molecule has 1 aromatic rings. The lowest BCUT2D eigenvalue weighted by atomic mass is 10.1. The third kappa shape index (κ3) is 2.93. The summed E-state index contributed by atoms with van der Waals surface area (Å²) >= 11 is 6.18. The topological polar surface area (TPSA) is 18.8 Å². The Balaban J connectivity index is 1.94. The van der Waals surface area contributed by atoms with Gasteiger partial charge in [-0.05, 0) is 43.9 Å². The van der Waals surface area contributed by atoms with E-state index in [0.29, 0.717) is 0 Å². The molecule has 2 saturated heterocycles. The van der Waals surface area contributed by atoms with E-state index in [0.717, 1.165) is 36.8 Å². The second-order valence-electron chi connectivity index (χ2n) is 5.73. The zero-order chi connectivity index (χ0) is 13.9. The van der Waals surface area contributed by atoms with Gasteiger partial charge in [0.05, 0.1) is 11.4 Å². The molecule has 0 saturated carbocycles. The molecule has 0 radical (unpaired) electrons. The first-order chi connectivity index (χ1) is 9.74. The van der Waals surface area contributed by atoms with E-state index in [1.807, 2.05) is 12.1 Å². The molecule has 20 heavy (non-hydrogen) atoms. The number of benzene rings is 1. The van der Waals surface area contributed by atoms with Crippen molar-refractivity contribution in [1.82, 2.24) is 4.90 Å². The molecule has 108 valence electrons. The first-order valence-corrected chi connectivity index (χ1v) is 7.95. The van der Waals surface area contributed by atoms with Crippen LogP contribution in [0.3, 0.4) is 0 Å². The van der Waals surface area contributed by atoms with Gasteiger partial charge in [-0.25, -0.2) is 4.99 Å². The second kappa shape index (κ2) is 6.04. The monoisotopic (exact) mass is 291 g/mol. The highest BCUT2D eigenvalue weighted by Gasteiger charge is 2.18. The molecule has 0 atom stereocenters. The van der Waals surface area contributed by atoms with Crippen LogP contribution in [0.4, 0.5) is 11.4 Å². The van der Waals surface area contributed by atoms with Crippen molar-refractivity contribution in [1.29, 1.82) is 0 Å². The van der Waals surface area contributed by atoms with Gasteiger partial charge < -0.3 is 9.80 Å². The summed E-state index contributed by atoms with van der Waals surface area (Å²) in [5.74, 6) is 1.19. The number of anilines is 1. The Morgan fingerprint density at radius 2 is 1.80 bits per heavy atom. The van der Waals surface area contributed by atoms with E-state index < -0.39 is 0 Å². The SMILES string of the molecule is CN1CCCC/C1=N\c1cc(Cl)ccc1N1CCCC1. The molecule has 3 nitrogen and oxygen atoms in total. The van der Waals surface area contributed by atoms with Crippen LogP contribution in [0.5, 0.6) is 0 Å². The smallest absolute Gasteiger partial charge is 0.105 e. The fraction of sp³-hybridized carbons (Fsp3) is 0.562. The predicted octanol–water partition coefficient (Wildman–Crippen LogP) is 4.09. The molecular weight excluding hydrogens is 270 g/mol. The Labute approximate surface area is 126 Å². The highest BCUT2D eigenvalue weighted by molar-refractivity contribution is 6.31. The summed E-state index contributed by atoms with van der Waals surface area (Å²) in [5.41, 5.74) is 2.27. The Morgan fingerprint density at radius 3 is 2.55 bits per heavy atom. The molecule has 0 bridgehead atoms. The van der Waals surface area contributed by atoms with Crippen molar-refractivity contribution in [3.63, 3.8) is 0 Å². The van der Waals surface area contributed by atoms with Gasteiger partial charge in [-0.3, -0.25) is 0 Å². The minimum absolute atomic E-state index is 0.769. The van der Waals surface area contributed by atoms with Gasteiger partial charge in [0.1, 0.15) is 5.84 Å². The first kappa shape index (κ1) is 13.7. The standard InChI is InChI=1S/C16H22ClN3/c1-19-9-3-2-6-16(19)18-14-12-13(17)7-8-15(14)20-10-4-5-11-20/h7-8,12H,2-6,9-11H2,1H3/b18-16+. The molecular formula is C16H22ClN3. The lowest BCUT2D eigenvalue weighted by Gasteiger charge is -2.27. The number of amidine groups is 1. The maximum atomic E-state index is 6.18. The third-order valence-corrected chi connectivity index (χ3v) is 4.45. The number of hydrogen-bond acceptors (Lipinski definition) is 2. The normalized spacial score (nSPS) is 21.8. The summed E-state index contributed by atoms with van der Waals surface area (Å²) in [6.07, 6.45) is 6.13. The molecule has 2 heterocycles. The Kier molecular flexibility index (Phi) is 4.16. The average Bonchev–Trinajstić information content (AvgIpc) is 2.95. The van der Waals surface area contributed by atoms with Gasteiger partial charge in [0.25, 0.3) is 0 Å². The molecule has 2 fully saturated rings. The van der Waals surface area contributed by atoms with Gasteiger partial charge in [0.2, 0.25) is 0 Å². The molecule has 2 aliphatic rings. The molecule has 0 N–H and O–H groups in total. The number of aliphatic imine (C=N–C) groups is 1. The molecule has 4 heteroatoms. The molecule has 2 aliphatic heterocycles. The lowest BCUT2D eigenvalue weighted by Crippen LogP contribution is -2.31. The zero-order valence-corrected chi connectivity index (χ0v) is 12.9. The second-order valence-corrected chi connectivity index (χ2v) is 6.17. The van der Waals surface area contributed by atoms with Crippen LogP contribution in [-0.4, -0.2) is 37.4 Å². The number of piperidine rings is 1. The van der Waals surface area contributed by atoms with E-state index >= 15 is 0 Å². The van der Waals surface area contributed by atoms with Crippen LogP contribution in [0, 0.1) is 0 Å².